The molecule has 1 aliphatic heterocycles. The first kappa shape index (κ1) is 15.0. The fraction of sp³-hybridized carbons (Fsp3) is 0.417. The van der Waals surface area contributed by atoms with Crippen molar-refractivity contribution in [1.82, 2.24) is 4.90 Å². The van der Waals surface area contributed by atoms with Gasteiger partial charge in [-0.25, -0.2) is 0 Å². The predicted molar refractivity (Wildman–Crippen MR) is 74.5 cm³/mol. The Morgan fingerprint density at radius 3 is 2.75 bits per heavy atom. The van der Waals surface area contributed by atoms with Gasteiger partial charge in [0.2, 0.25) is 0 Å². The van der Waals surface area contributed by atoms with Crippen LogP contribution in [0.1, 0.15) is 16.8 Å². The number of hydrogen-bond donors (Lipinski definition) is 0. The lowest BCUT2D eigenvalue weighted by atomic mass is 10.1. The molecule has 0 spiro atoms. The SMILES string of the molecule is O=C(c1cc([N+](=O)[O-])cc(Cl)c1Cl)N1CCCOCC1. The van der Waals surface area contributed by atoms with Gasteiger partial charge in [0.25, 0.3) is 11.6 Å². The number of halogens is 2. The highest BCUT2D eigenvalue weighted by molar-refractivity contribution is 6.44. The van der Waals surface area contributed by atoms with E-state index in [-0.39, 0.29) is 27.2 Å². The zero-order valence-electron chi connectivity index (χ0n) is 10.5. The largest absolute Gasteiger partial charge is 0.380 e. The average molecular weight is 319 g/mol. The number of rotatable bonds is 2. The van der Waals surface area contributed by atoms with E-state index in [1.165, 1.54) is 0 Å². The summed E-state index contributed by atoms with van der Waals surface area (Å²) < 4.78 is 5.27. The molecule has 0 N–H and O–H groups in total. The van der Waals surface area contributed by atoms with Crippen LogP contribution in [0.3, 0.4) is 0 Å². The molecule has 1 saturated heterocycles. The van der Waals surface area contributed by atoms with Crippen LogP contribution in [-0.4, -0.2) is 42.0 Å². The highest BCUT2D eigenvalue weighted by Gasteiger charge is 2.24. The third-order valence-electron chi connectivity index (χ3n) is 2.96. The summed E-state index contributed by atoms with van der Waals surface area (Å²) in [6, 6.07) is 2.29. The highest BCUT2D eigenvalue weighted by atomic mass is 35.5. The van der Waals surface area contributed by atoms with Crippen molar-refractivity contribution in [2.75, 3.05) is 26.3 Å². The van der Waals surface area contributed by atoms with Crippen molar-refractivity contribution in [2.45, 2.75) is 6.42 Å². The van der Waals surface area contributed by atoms with Crippen molar-refractivity contribution in [3.63, 3.8) is 0 Å². The minimum absolute atomic E-state index is 0.00436. The summed E-state index contributed by atoms with van der Waals surface area (Å²) in [6.07, 6.45) is 0.714. The van der Waals surface area contributed by atoms with Crippen LogP contribution < -0.4 is 0 Å². The number of nitro groups is 1. The Morgan fingerprint density at radius 1 is 1.30 bits per heavy atom. The molecule has 0 unspecified atom stereocenters. The molecule has 20 heavy (non-hydrogen) atoms. The minimum atomic E-state index is -0.607. The fourth-order valence-electron chi connectivity index (χ4n) is 1.96. The maximum absolute atomic E-state index is 12.4. The van der Waals surface area contributed by atoms with Crippen LogP contribution in [0.15, 0.2) is 12.1 Å². The van der Waals surface area contributed by atoms with Crippen molar-refractivity contribution >= 4 is 34.8 Å². The van der Waals surface area contributed by atoms with Crippen molar-refractivity contribution < 1.29 is 14.5 Å². The smallest absolute Gasteiger partial charge is 0.271 e. The number of carbonyl (C=O) groups excluding carboxylic acids is 1. The van der Waals surface area contributed by atoms with Crippen LogP contribution in [0.2, 0.25) is 10.0 Å². The molecule has 0 bridgehead atoms. The van der Waals surface area contributed by atoms with E-state index in [1.54, 1.807) is 4.90 Å². The second-order valence-corrected chi connectivity index (χ2v) is 5.09. The van der Waals surface area contributed by atoms with E-state index in [9.17, 15) is 14.9 Å². The van der Waals surface area contributed by atoms with Gasteiger partial charge >= 0.3 is 0 Å². The molecule has 1 heterocycles. The van der Waals surface area contributed by atoms with E-state index in [0.29, 0.717) is 32.7 Å². The summed E-state index contributed by atoms with van der Waals surface area (Å²) in [5.41, 5.74) is -0.207. The van der Waals surface area contributed by atoms with Gasteiger partial charge < -0.3 is 9.64 Å². The first-order chi connectivity index (χ1) is 9.50. The monoisotopic (exact) mass is 318 g/mol. The second kappa shape index (κ2) is 6.39. The number of carbonyl (C=O) groups is 1. The van der Waals surface area contributed by atoms with Crippen LogP contribution in [0, 0.1) is 10.1 Å². The molecule has 1 fully saturated rings. The number of non-ortho nitro benzene ring substituents is 1. The lowest BCUT2D eigenvalue weighted by Crippen LogP contribution is -2.33. The van der Waals surface area contributed by atoms with Gasteiger partial charge in [0.05, 0.1) is 27.1 Å². The van der Waals surface area contributed by atoms with Gasteiger partial charge in [-0.15, -0.1) is 0 Å². The molecule has 0 aromatic heterocycles. The number of ether oxygens (including phenoxy) is 1. The standard InChI is InChI=1S/C12H12Cl2N2O4/c13-10-7-8(16(18)19)6-9(11(10)14)12(17)15-2-1-4-20-5-3-15/h6-7H,1-5H2. The topological polar surface area (TPSA) is 72.7 Å². The fourth-order valence-corrected chi connectivity index (χ4v) is 2.36. The van der Waals surface area contributed by atoms with Crippen molar-refractivity contribution in [3.8, 4) is 0 Å². The molecule has 1 amide bonds. The highest BCUT2D eigenvalue weighted by Crippen LogP contribution is 2.31. The lowest BCUT2D eigenvalue weighted by molar-refractivity contribution is -0.384. The zero-order valence-corrected chi connectivity index (χ0v) is 12.0. The van der Waals surface area contributed by atoms with Crippen molar-refractivity contribution in [2.24, 2.45) is 0 Å². The van der Waals surface area contributed by atoms with Gasteiger partial charge in [-0.05, 0) is 6.42 Å². The summed E-state index contributed by atoms with van der Waals surface area (Å²) in [4.78, 5) is 24.2. The van der Waals surface area contributed by atoms with Gasteiger partial charge in [-0.3, -0.25) is 14.9 Å². The first-order valence-corrected chi connectivity index (χ1v) is 6.76. The lowest BCUT2D eigenvalue weighted by Gasteiger charge is -2.20. The Morgan fingerprint density at radius 2 is 2.05 bits per heavy atom. The van der Waals surface area contributed by atoms with Gasteiger partial charge in [0, 0.05) is 31.8 Å². The summed E-state index contributed by atoms with van der Waals surface area (Å²) >= 11 is 11.8. The number of benzene rings is 1. The van der Waals surface area contributed by atoms with Crippen LogP contribution in [0.5, 0.6) is 0 Å². The quantitative estimate of drug-likeness (QED) is 0.621. The van der Waals surface area contributed by atoms with Crippen LogP contribution in [0.25, 0.3) is 0 Å². The number of hydrogen-bond acceptors (Lipinski definition) is 4. The van der Waals surface area contributed by atoms with E-state index in [1.807, 2.05) is 0 Å². The molecule has 1 aromatic rings. The van der Waals surface area contributed by atoms with E-state index in [4.69, 9.17) is 27.9 Å². The molecule has 1 aliphatic rings. The Bertz CT molecular complexity index is 543. The van der Waals surface area contributed by atoms with E-state index in [2.05, 4.69) is 0 Å². The van der Waals surface area contributed by atoms with Crippen LogP contribution in [-0.2, 0) is 4.74 Å². The van der Waals surface area contributed by atoms with Gasteiger partial charge in [-0.1, -0.05) is 23.2 Å². The van der Waals surface area contributed by atoms with Gasteiger partial charge in [-0.2, -0.15) is 0 Å². The molecule has 0 aliphatic carbocycles. The third kappa shape index (κ3) is 3.20. The molecule has 0 saturated carbocycles. The van der Waals surface area contributed by atoms with Crippen LogP contribution in [0.4, 0.5) is 5.69 Å². The maximum Gasteiger partial charge on any atom is 0.271 e. The predicted octanol–water partition coefficient (Wildman–Crippen LogP) is 2.76. The Hall–Kier alpha value is -1.37. The summed E-state index contributed by atoms with van der Waals surface area (Å²) in [7, 11) is 0. The summed E-state index contributed by atoms with van der Waals surface area (Å²) in [5, 5.41) is 10.9. The summed E-state index contributed by atoms with van der Waals surface area (Å²) in [6.45, 7) is 1.98. The molecule has 108 valence electrons. The van der Waals surface area contributed by atoms with E-state index < -0.39 is 4.92 Å². The van der Waals surface area contributed by atoms with E-state index in [0.717, 1.165) is 12.1 Å². The molecular weight excluding hydrogens is 307 g/mol. The Labute approximate surface area is 125 Å². The number of nitrogens with zero attached hydrogens (tertiary/aromatic N) is 2. The van der Waals surface area contributed by atoms with Gasteiger partial charge in [0.1, 0.15) is 0 Å². The molecule has 2 rings (SSSR count). The Balaban J connectivity index is 2.35. The first-order valence-electron chi connectivity index (χ1n) is 6.01. The van der Waals surface area contributed by atoms with Crippen molar-refractivity contribution in [1.29, 1.82) is 0 Å². The molecular formula is C12H12Cl2N2O4. The second-order valence-electron chi connectivity index (χ2n) is 4.30. The molecule has 8 heteroatoms. The normalized spacial score (nSPS) is 15.8. The minimum Gasteiger partial charge on any atom is -0.380 e. The van der Waals surface area contributed by atoms with Crippen molar-refractivity contribution in [3.05, 3.63) is 37.9 Å². The number of nitro benzene ring substituents is 1. The van der Waals surface area contributed by atoms with Crippen LogP contribution >= 0.6 is 23.2 Å². The van der Waals surface area contributed by atoms with E-state index >= 15 is 0 Å². The third-order valence-corrected chi connectivity index (χ3v) is 3.77. The molecule has 0 radical (unpaired) electrons. The Kier molecular flexibility index (Phi) is 4.80. The summed E-state index contributed by atoms with van der Waals surface area (Å²) in [5.74, 6) is -0.369. The van der Waals surface area contributed by atoms with Gasteiger partial charge in [0.15, 0.2) is 0 Å². The number of amides is 1. The maximum atomic E-state index is 12.4. The molecule has 6 nitrogen and oxygen atoms in total. The average Bonchev–Trinajstić information content (AvgIpc) is 2.69. The molecule has 1 aromatic carbocycles. The molecule has 0 atom stereocenters. The zero-order chi connectivity index (χ0) is 14.7.